The van der Waals surface area contributed by atoms with E-state index in [9.17, 15) is 45.6 Å². The van der Waals surface area contributed by atoms with Crippen LogP contribution in [0.15, 0.2) is 12.2 Å². The van der Waals surface area contributed by atoms with Crippen molar-refractivity contribution in [1.82, 2.24) is 5.32 Å². The molecule has 90 heavy (non-hydrogen) atoms. The van der Waals surface area contributed by atoms with Crippen molar-refractivity contribution in [2.45, 2.75) is 447 Å². The van der Waals surface area contributed by atoms with Gasteiger partial charge in [0.15, 0.2) is 12.6 Å². The first-order valence-corrected chi connectivity index (χ1v) is 38.9. The average molecular weight is 1280 g/mol. The molecule has 2 saturated heterocycles. The van der Waals surface area contributed by atoms with E-state index in [0.717, 1.165) is 44.9 Å². The van der Waals surface area contributed by atoms with Gasteiger partial charge in [-0.05, 0) is 19.3 Å². The van der Waals surface area contributed by atoms with Gasteiger partial charge in [-0.2, -0.15) is 0 Å². The van der Waals surface area contributed by atoms with Crippen molar-refractivity contribution in [2.24, 2.45) is 0 Å². The lowest BCUT2D eigenvalue weighted by Crippen LogP contribution is -2.65. The largest absolute Gasteiger partial charge is 0.394 e. The number of hydrogen-bond acceptors (Lipinski definition) is 13. The minimum atomic E-state index is -1.79. The molecule has 0 radical (unpaired) electrons. The van der Waals surface area contributed by atoms with E-state index in [4.69, 9.17) is 18.9 Å². The minimum Gasteiger partial charge on any atom is -0.394 e. The van der Waals surface area contributed by atoms with Crippen LogP contribution in [0.2, 0.25) is 0 Å². The highest BCUT2D eigenvalue weighted by atomic mass is 16.7. The Labute approximate surface area is 552 Å². The molecule has 14 heteroatoms. The first kappa shape index (κ1) is 84.8. The number of allylic oxidation sites excluding steroid dienone is 1. The number of carbonyl (C=O) groups is 1. The Balaban J connectivity index is 1.57. The highest BCUT2D eigenvalue weighted by Crippen LogP contribution is 2.30. The molecule has 2 aliphatic heterocycles. The lowest BCUT2D eigenvalue weighted by Gasteiger charge is -2.46. The lowest BCUT2D eigenvalue weighted by atomic mass is 9.97. The predicted octanol–water partition coefficient (Wildman–Crippen LogP) is 16.9. The minimum absolute atomic E-state index is 0.230. The van der Waals surface area contributed by atoms with Crippen LogP contribution >= 0.6 is 0 Å². The number of unbranched alkanes of at least 4 members (excludes halogenated alkanes) is 53. The third-order valence-electron chi connectivity index (χ3n) is 19.5. The van der Waals surface area contributed by atoms with Crippen LogP contribution < -0.4 is 5.32 Å². The first-order chi connectivity index (χ1) is 44.1. The van der Waals surface area contributed by atoms with Crippen molar-refractivity contribution in [3.63, 3.8) is 0 Å². The number of hydrogen-bond donors (Lipinski definition) is 9. The van der Waals surface area contributed by atoms with Gasteiger partial charge in [0.25, 0.3) is 0 Å². The van der Waals surface area contributed by atoms with Crippen LogP contribution in [0.1, 0.15) is 373 Å². The zero-order chi connectivity index (χ0) is 65.2. The normalized spacial score (nSPS) is 22.9. The van der Waals surface area contributed by atoms with E-state index in [-0.39, 0.29) is 18.9 Å². The Bertz CT molecular complexity index is 1560. The van der Waals surface area contributed by atoms with E-state index in [0.29, 0.717) is 0 Å². The molecular formula is C76H147NO13. The van der Waals surface area contributed by atoms with Gasteiger partial charge in [-0.1, -0.05) is 360 Å². The van der Waals surface area contributed by atoms with Gasteiger partial charge in [-0.15, -0.1) is 0 Å². The molecule has 0 aromatic heterocycles. The van der Waals surface area contributed by atoms with Gasteiger partial charge in [0, 0.05) is 6.42 Å². The first-order valence-electron chi connectivity index (χ1n) is 38.9. The molecule has 534 valence electrons. The molecule has 0 saturated carbocycles. The van der Waals surface area contributed by atoms with Crippen molar-refractivity contribution in [2.75, 3.05) is 19.8 Å². The number of amides is 1. The summed E-state index contributed by atoms with van der Waals surface area (Å²) in [6, 6.07) is -0.911. The molecule has 0 bridgehead atoms. The Hall–Kier alpha value is -1.27. The van der Waals surface area contributed by atoms with Gasteiger partial charge in [0.1, 0.15) is 48.8 Å². The number of nitrogens with one attached hydrogen (secondary N) is 1. The van der Waals surface area contributed by atoms with Gasteiger partial charge < -0.3 is 65.1 Å². The van der Waals surface area contributed by atoms with Crippen LogP contribution in [0.3, 0.4) is 0 Å². The molecule has 2 aliphatic rings. The van der Waals surface area contributed by atoms with Gasteiger partial charge in [-0.25, -0.2) is 0 Å². The number of rotatable bonds is 66. The van der Waals surface area contributed by atoms with Crippen molar-refractivity contribution in [3.05, 3.63) is 12.2 Å². The molecule has 14 nitrogen and oxygen atoms in total. The quantitative estimate of drug-likeness (QED) is 0.0204. The van der Waals surface area contributed by atoms with E-state index in [1.807, 2.05) is 6.08 Å². The Morgan fingerprint density at radius 2 is 0.689 bits per heavy atom. The summed E-state index contributed by atoms with van der Waals surface area (Å²) in [4.78, 5) is 13.4. The maximum absolute atomic E-state index is 13.4. The SMILES string of the molecule is CCCCCCCCCCCCCCCCCCC/C=C/C(O)C(COC1OC(CO)C(OC2OC(CO)C(O)C(O)C2O)C(O)C1O)NC(=O)CCCCCCCCCCCCCCCCCCCCCCCCCCCCCCCCCCCCCCC. The van der Waals surface area contributed by atoms with E-state index in [2.05, 4.69) is 19.2 Å². The van der Waals surface area contributed by atoms with Gasteiger partial charge >= 0.3 is 0 Å². The van der Waals surface area contributed by atoms with Crippen molar-refractivity contribution in [1.29, 1.82) is 0 Å². The van der Waals surface area contributed by atoms with Crippen LogP contribution in [-0.4, -0.2) is 140 Å². The second-order valence-electron chi connectivity index (χ2n) is 27.9. The molecule has 12 unspecified atom stereocenters. The predicted molar refractivity (Wildman–Crippen MR) is 369 cm³/mol. The highest BCUT2D eigenvalue weighted by Gasteiger charge is 2.51. The summed E-state index contributed by atoms with van der Waals surface area (Å²) in [7, 11) is 0. The maximum atomic E-state index is 13.4. The molecule has 2 rings (SSSR count). The number of aliphatic hydroxyl groups excluding tert-OH is 8. The van der Waals surface area contributed by atoms with Crippen LogP contribution in [0, 0.1) is 0 Å². The van der Waals surface area contributed by atoms with Gasteiger partial charge in [0.05, 0.1) is 32.0 Å². The van der Waals surface area contributed by atoms with Gasteiger partial charge in [-0.3, -0.25) is 4.79 Å². The third kappa shape index (κ3) is 44.5. The molecular weight excluding hydrogens is 1130 g/mol. The fraction of sp³-hybridized carbons (Fsp3) is 0.961. The number of carbonyl (C=O) groups excluding carboxylic acids is 1. The Morgan fingerprint density at radius 3 is 1.02 bits per heavy atom. The van der Waals surface area contributed by atoms with Crippen molar-refractivity contribution >= 4 is 5.91 Å². The number of ether oxygens (including phenoxy) is 4. The lowest BCUT2D eigenvalue weighted by molar-refractivity contribution is -0.359. The van der Waals surface area contributed by atoms with E-state index >= 15 is 0 Å². The molecule has 9 N–H and O–H groups in total. The third-order valence-corrected chi connectivity index (χ3v) is 19.5. The summed E-state index contributed by atoms with van der Waals surface area (Å²) >= 11 is 0. The summed E-state index contributed by atoms with van der Waals surface area (Å²) in [5.74, 6) is -0.230. The zero-order valence-corrected chi connectivity index (χ0v) is 58.4. The van der Waals surface area contributed by atoms with Crippen molar-refractivity contribution < 1.29 is 64.6 Å². The van der Waals surface area contributed by atoms with Crippen LogP contribution in [0.25, 0.3) is 0 Å². The summed E-state index contributed by atoms with van der Waals surface area (Å²) < 4.78 is 22.9. The second kappa shape index (κ2) is 61.3. The highest BCUT2D eigenvalue weighted by molar-refractivity contribution is 5.76. The molecule has 0 aromatic carbocycles. The topological polar surface area (TPSA) is 228 Å². The molecule has 2 heterocycles. The zero-order valence-electron chi connectivity index (χ0n) is 58.4. The summed E-state index contributed by atoms with van der Waals surface area (Å²) in [6.45, 7) is 2.87. The molecule has 0 spiro atoms. The Morgan fingerprint density at radius 1 is 0.389 bits per heavy atom. The fourth-order valence-electron chi connectivity index (χ4n) is 13.3. The maximum Gasteiger partial charge on any atom is 0.220 e. The average Bonchev–Trinajstić information content (AvgIpc) is 2.49. The summed E-state index contributed by atoms with van der Waals surface area (Å²) in [6.07, 6.45) is 60.2. The van der Waals surface area contributed by atoms with Crippen LogP contribution in [0.5, 0.6) is 0 Å². The summed E-state index contributed by atoms with van der Waals surface area (Å²) in [5, 5.41) is 87.5. The Kier molecular flexibility index (Phi) is 57.8. The molecule has 0 aromatic rings. The van der Waals surface area contributed by atoms with Gasteiger partial charge in [0.2, 0.25) is 5.91 Å². The summed E-state index contributed by atoms with van der Waals surface area (Å²) in [5.41, 5.74) is 0. The van der Waals surface area contributed by atoms with Crippen molar-refractivity contribution in [3.8, 4) is 0 Å². The monoisotopic (exact) mass is 1280 g/mol. The smallest absolute Gasteiger partial charge is 0.220 e. The van der Waals surface area contributed by atoms with Crippen LogP contribution in [0.4, 0.5) is 0 Å². The van der Waals surface area contributed by atoms with E-state index in [1.54, 1.807) is 6.08 Å². The molecule has 1 amide bonds. The standard InChI is InChI=1S/C76H147NO13/c1-3-5-7-9-11-13-15-17-19-21-23-24-25-26-27-28-29-30-31-32-33-34-35-36-37-38-39-40-42-44-46-48-50-52-54-56-58-60-68(81)77-64(65(80)59-57-55-53-51-49-47-45-43-41-22-20-18-16-14-12-10-8-6-4-2)63-87-75-73(86)71(84)74(67(62-79)89-75)90-76-72(85)70(83)69(82)66(61-78)88-76/h57,59,64-67,69-76,78-80,82-86H,3-56,58,60-63H2,1-2H3,(H,77,81)/b59-57+. The molecule has 12 atom stereocenters. The molecule has 0 aliphatic carbocycles. The molecule has 2 fully saturated rings. The van der Waals surface area contributed by atoms with E-state index in [1.165, 1.54) is 308 Å². The fourth-order valence-corrected chi connectivity index (χ4v) is 13.3. The number of aliphatic hydroxyl groups is 8. The second-order valence-corrected chi connectivity index (χ2v) is 27.9. The van der Waals surface area contributed by atoms with E-state index < -0.39 is 86.8 Å². The van der Waals surface area contributed by atoms with Crippen LogP contribution in [-0.2, 0) is 23.7 Å².